The van der Waals surface area contributed by atoms with E-state index in [2.05, 4.69) is 5.32 Å². The van der Waals surface area contributed by atoms with Crippen LogP contribution in [-0.2, 0) is 26.2 Å². The number of rotatable bonds is 14. The van der Waals surface area contributed by atoms with Crippen molar-refractivity contribution < 1.29 is 32.2 Å². The van der Waals surface area contributed by atoms with Gasteiger partial charge in [-0.05, 0) is 69.7 Å². The Bertz CT molecular complexity index is 1480. The van der Waals surface area contributed by atoms with Crippen molar-refractivity contribution in [2.75, 3.05) is 38.2 Å². The number of hydrogen-bond donors (Lipinski definition) is 1. The predicted molar refractivity (Wildman–Crippen MR) is 162 cm³/mol. The Labute approximate surface area is 248 Å². The van der Waals surface area contributed by atoms with Gasteiger partial charge in [0.1, 0.15) is 18.3 Å². The molecule has 0 heterocycles. The molecule has 0 aromatic heterocycles. The number of amides is 2. The molecule has 0 aliphatic rings. The molecular weight excluding hydrogens is 558 g/mol. The first-order chi connectivity index (χ1) is 20.0. The van der Waals surface area contributed by atoms with Crippen molar-refractivity contribution in [2.45, 2.75) is 45.2 Å². The van der Waals surface area contributed by atoms with Crippen LogP contribution in [0.15, 0.2) is 71.6 Å². The highest BCUT2D eigenvalue weighted by Gasteiger charge is 2.33. The minimum absolute atomic E-state index is 0.0937. The van der Waals surface area contributed by atoms with E-state index in [4.69, 9.17) is 14.2 Å². The molecule has 0 bridgehead atoms. The number of methoxy groups -OCH3 is 2. The molecule has 1 N–H and O–H groups in total. The summed E-state index contributed by atoms with van der Waals surface area (Å²) in [4.78, 5) is 28.2. The SMILES string of the molecule is CCNC(=O)[C@@H](C)N(Cc1cccc(C)c1)C(=O)CN(c1ccc(OCC)cc1)S(=O)(=O)c1ccc(OC)c(OC)c1. The average molecular weight is 598 g/mol. The highest BCUT2D eigenvalue weighted by Crippen LogP contribution is 2.33. The van der Waals surface area contributed by atoms with Crippen LogP contribution in [0.1, 0.15) is 31.9 Å². The molecule has 3 rings (SSSR count). The van der Waals surface area contributed by atoms with Gasteiger partial charge >= 0.3 is 0 Å². The van der Waals surface area contributed by atoms with Gasteiger partial charge in [0.25, 0.3) is 10.0 Å². The average Bonchev–Trinajstić information content (AvgIpc) is 2.98. The lowest BCUT2D eigenvalue weighted by molar-refractivity contribution is -0.139. The van der Waals surface area contributed by atoms with Gasteiger partial charge in [-0.25, -0.2) is 8.42 Å². The number of anilines is 1. The molecule has 0 spiro atoms. The first kappa shape index (κ1) is 32.3. The van der Waals surface area contributed by atoms with Gasteiger partial charge < -0.3 is 24.4 Å². The van der Waals surface area contributed by atoms with E-state index in [-0.39, 0.29) is 28.8 Å². The standard InChI is InChI=1S/C31H39N3O7S/c1-7-32-31(36)23(4)33(20-24-11-9-10-22(3)18-24)30(35)21-34(25-12-14-26(15-13-25)41-8-2)42(37,38)27-16-17-28(39-5)29(19-27)40-6/h9-19,23H,7-8,20-21H2,1-6H3,(H,32,36)/t23-/m1/s1. The van der Waals surface area contributed by atoms with Gasteiger partial charge in [-0.2, -0.15) is 0 Å². The molecule has 3 aromatic rings. The molecule has 0 aliphatic heterocycles. The van der Waals surface area contributed by atoms with Crippen molar-refractivity contribution in [3.8, 4) is 17.2 Å². The number of carbonyl (C=O) groups is 2. The monoisotopic (exact) mass is 597 g/mol. The van der Waals surface area contributed by atoms with E-state index < -0.39 is 28.5 Å². The van der Waals surface area contributed by atoms with Gasteiger partial charge in [-0.15, -0.1) is 0 Å². The van der Waals surface area contributed by atoms with Gasteiger partial charge in [0, 0.05) is 19.2 Å². The van der Waals surface area contributed by atoms with Gasteiger partial charge in [0.05, 0.1) is 31.4 Å². The van der Waals surface area contributed by atoms with Crippen molar-refractivity contribution >= 4 is 27.5 Å². The van der Waals surface area contributed by atoms with Gasteiger partial charge in [0.2, 0.25) is 11.8 Å². The summed E-state index contributed by atoms with van der Waals surface area (Å²) < 4.78 is 45.4. The molecule has 1 atom stereocenters. The lowest BCUT2D eigenvalue weighted by Gasteiger charge is -2.32. The van der Waals surface area contributed by atoms with Crippen LogP contribution in [-0.4, -0.2) is 65.1 Å². The van der Waals surface area contributed by atoms with E-state index in [1.807, 2.05) is 38.1 Å². The largest absolute Gasteiger partial charge is 0.494 e. The maximum Gasteiger partial charge on any atom is 0.264 e. The number of ether oxygens (including phenoxy) is 3. The zero-order chi connectivity index (χ0) is 30.9. The first-order valence-corrected chi connectivity index (χ1v) is 15.1. The van der Waals surface area contributed by atoms with Crippen LogP contribution in [0.3, 0.4) is 0 Å². The third-order valence-corrected chi connectivity index (χ3v) is 8.38. The number of aryl methyl sites for hydroxylation is 1. The molecule has 42 heavy (non-hydrogen) atoms. The van der Waals surface area contributed by atoms with E-state index in [0.717, 1.165) is 15.4 Å². The maximum atomic E-state index is 14.1. The van der Waals surface area contributed by atoms with Gasteiger partial charge in [0.15, 0.2) is 11.5 Å². The molecule has 0 aliphatic carbocycles. The Hall–Kier alpha value is -4.25. The third-order valence-electron chi connectivity index (χ3n) is 6.61. The summed E-state index contributed by atoms with van der Waals surface area (Å²) in [6.07, 6.45) is 0. The Morgan fingerprint density at radius 1 is 0.929 bits per heavy atom. The lowest BCUT2D eigenvalue weighted by atomic mass is 10.1. The summed E-state index contributed by atoms with van der Waals surface area (Å²) in [6, 6.07) is 17.4. The van der Waals surface area contributed by atoms with Crippen LogP contribution in [0.25, 0.3) is 0 Å². The van der Waals surface area contributed by atoms with Crippen molar-refractivity contribution in [1.29, 1.82) is 0 Å². The fourth-order valence-corrected chi connectivity index (χ4v) is 5.85. The van der Waals surface area contributed by atoms with Crippen LogP contribution in [0.2, 0.25) is 0 Å². The predicted octanol–water partition coefficient (Wildman–Crippen LogP) is 4.16. The second-order valence-corrected chi connectivity index (χ2v) is 11.4. The fraction of sp³-hybridized carbons (Fsp3) is 0.355. The highest BCUT2D eigenvalue weighted by molar-refractivity contribution is 7.92. The zero-order valence-electron chi connectivity index (χ0n) is 24.9. The Kier molecular flexibility index (Phi) is 11.2. The molecule has 11 heteroatoms. The summed E-state index contributed by atoms with van der Waals surface area (Å²) in [5, 5.41) is 2.76. The minimum Gasteiger partial charge on any atom is -0.494 e. The van der Waals surface area contributed by atoms with E-state index >= 15 is 0 Å². The molecule has 0 radical (unpaired) electrons. The second-order valence-electron chi connectivity index (χ2n) is 9.54. The number of sulfonamides is 1. The quantitative estimate of drug-likeness (QED) is 0.297. The molecular formula is C31H39N3O7S. The minimum atomic E-state index is -4.29. The summed E-state index contributed by atoms with van der Waals surface area (Å²) in [6.45, 7) is 7.60. The number of likely N-dealkylation sites (N-methyl/N-ethyl adjacent to an activating group) is 1. The number of nitrogens with zero attached hydrogens (tertiary/aromatic N) is 2. The molecule has 0 fully saturated rings. The third kappa shape index (κ3) is 7.73. The van der Waals surface area contributed by atoms with Crippen molar-refractivity contribution in [3.05, 3.63) is 77.9 Å². The second kappa shape index (κ2) is 14.6. The van der Waals surface area contributed by atoms with Crippen LogP contribution in [0.4, 0.5) is 5.69 Å². The van der Waals surface area contributed by atoms with Crippen molar-refractivity contribution in [2.24, 2.45) is 0 Å². The number of benzene rings is 3. The summed E-state index contributed by atoms with van der Waals surface area (Å²) >= 11 is 0. The molecule has 226 valence electrons. The smallest absolute Gasteiger partial charge is 0.264 e. The van der Waals surface area contributed by atoms with Crippen LogP contribution < -0.4 is 23.8 Å². The van der Waals surface area contributed by atoms with Crippen molar-refractivity contribution in [1.82, 2.24) is 10.2 Å². The van der Waals surface area contributed by atoms with Crippen LogP contribution >= 0.6 is 0 Å². The van der Waals surface area contributed by atoms with E-state index in [1.54, 1.807) is 38.1 Å². The molecule has 2 amide bonds. The van der Waals surface area contributed by atoms with Gasteiger partial charge in [-0.1, -0.05) is 29.8 Å². The molecule has 10 nitrogen and oxygen atoms in total. The van der Waals surface area contributed by atoms with Crippen LogP contribution in [0.5, 0.6) is 17.2 Å². The normalized spacial score (nSPS) is 11.8. The van der Waals surface area contributed by atoms with Gasteiger partial charge in [-0.3, -0.25) is 13.9 Å². The molecule has 0 saturated heterocycles. The van der Waals surface area contributed by atoms with Crippen molar-refractivity contribution in [3.63, 3.8) is 0 Å². The lowest BCUT2D eigenvalue weighted by Crippen LogP contribution is -2.51. The first-order valence-electron chi connectivity index (χ1n) is 13.7. The fourth-order valence-electron chi connectivity index (χ4n) is 4.42. The Balaban J connectivity index is 2.08. The van der Waals surface area contributed by atoms with Crippen LogP contribution in [0, 0.1) is 6.92 Å². The molecule has 0 saturated carbocycles. The number of hydrogen-bond acceptors (Lipinski definition) is 7. The topological polar surface area (TPSA) is 114 Å². The summed E-state index contributed by atoms with van der Waals surface area (Å²) in [5.74, 6) is 0.256. The Morgan fingerprint density at radius 3 is 2.21 bits per heavy atom. The summed E-state index contributed by atoms with van der Waals surface area (Å²) in [7, 11) is -1.43. The highest BCUT2D eigenvalue weighted by atomic mass is 32.2. The zero-order valence-corrected chi connectivity index (χ0v) is 25.7. The Morgan fingerprint density at radius 2 is 1.62 bits per heavy atom. The molecule has 3 aromatic carbocycles. The van der Waals surface area contributed by atoms with E-state index in [1.165, 1.54) is 37.3 Å². The molecule has 0 unspecified atom stereocenters. The number of carbonyl (C=O) groups excluding carboxylic acids is 2. The summed E-state index contributed by atoms with van der Waals surface area (Å²) in [5.41, 5.74) is 2.07. The van der Waals surface area contributed by atoms with E-state index in [9.17, 15) is 18.0 Å². The van der Waals surface area contributed by atoms with E-state index in [0.29, 0.717) is 24.7 Å². The maximum absolute atomic E-state index is 14.1. The number of nitrogens with one attached hydrogen (secondary N) is 1.